The van der Waals surface area contributed by atoms with Crippen LogP contribution in [0.4, 0.5) is 0 Å². The van der Waals surface area contributed by atoms with Crippen molar-refractivity contribution in [2.75, 3.05) is 0 Å². The molecule has 8 heteroatoms. The summed E-state index contributed by atoms with van der Waals surface area (Å²) in [4.78, 5) is 26.5. The molecule has 0 saturated heterocycles. The molecule has 162 valence electrons. The molecule has 8 atom stereocenters. The highest BCUT2D eigenvalue weighted by atomic mass is 16.3. The molecule has 0 unspecified atom stereocenters. The first-order chi connectivity index (χ1) is 13.8. The number of aliphatic hydroxyl groups is 2. The van der Waals surface area contributed by atoms with Crippen LogP contribution in [0, 0.1) is 46.3 Å². The monoisotopic (exact) mass is 414 g/mol. The molecular weight excluding hydrogens is 384 g/mol. The number of hydrogen-bond donors (Lipinski definition) is 2. The summed E-state index contributed by atoms with van der Waals surface area (Å²) in [5.74, 6) is -1.15. The minimum atomic E-state index is -1.46. The molecular formula is C22H30N4O4. The van der Waals surface area contributed by atoms with Crippen LogP contribution < -0.4 is 0 Å². The van der Waals surface area contributed by atoms with E-state index in [9.17, 15) is 19.8 Å². The summed E-state index contributed by atoms with van der Waals surface area (Å²) in [6, 6.07) is 0. The van der Waals surface area contributed by atoms with Gasteiger partial charge in [-0.1, -0.05) is 27.7 Å². The normalized spacial score (nSPS) is 50.4. The van der Waals surface area contributed by atoms with Gasteiger partial charge in [0.25, 0.3) is 0 Å². The van der Waals surface area contributed by atoms with Gasteiger partial charge in [-0.2, -0.15) is 20.2 Å². The molecule has 2 heterocycles. The zero-order chi connectivity index (χ0) is 21.8. The maximum absolute atomic E-state index is 13.3. The van der Waals surface area contributed by atoms with E-state index >= 15 is 0 Å². The van der Waals surface area contributed by atoms with Gasteiger partial charge >= 0.3 is 11.8 Å². The number of rotatable bonds is 0. The van der Waals surface area contributed by atoms with Crippen LogP contribution in [0.2, 0.25) is 0 Å². The predicted octanol–water partition coefficient (Wildman–Crippen LogP) is 1.38. The third kappa shape index (κ3) is 1.80. The van der Waals surface area contributed by atoms with Gasteiger partial charge in [0, 0.05) is 24.3 Å². The van der Waals surface area contributed by atoms with Crippen molar-refractivity contribution in [2.45, 2.75) is 65.8 Å². The third-order valence-corrected chi connectivity index (χ3v) is 9.75. The van der Waals surface area contributed by atoms with E-state index in [2.05, 4.69) is 37.9 Å². The molecule has 2 amide bonds. The maximum atomic E-state index is 13.3. The lowest BCUT2D eigenvalue weighted by atomic mass is 9.84. The highest BCUT2D eigenvalue weighted by molar-refractivity contribution is 6.35. The van der Waals surface area contributed by atoms with E-state index in [0.717, 1.165) is 10.0 Å². The third-order valence-electron chi connectivity index (χ3n) is 9.75. The second kappa shape index (κ2) is 4.83. The molecule has 0 bridgehead atoms. The lowest BCUT2D eigenvalue weighted by molar-refractivity contribution is -0.185. The number of fused-ring (bicyclic) bond motifs is 6. The number of nitrogens with zero attached hydrogens (tertiary/aromatic N) is 4. The van der Waals surface area contributed by atoms with Crippen LogP contribution in [0.1, 0.15) is 54.4 Å². The van der Waals surface area contributed by atoms with Crippen molar-refractivity contribution >= 4 is 23.2 Å². The fraction of sp³-hybridized carbons (Fsp3) is 0.818. The van der Waals surface area contributed by atoms with E-state index in [1.165, 1.54) is 0 Å². The molecule has 0 aromatic carbocycles. The van der Waals surface area contributed by atoms with Crippen molar-refractivity contribution in [3.8, 4) is 0 Å². The van der Waals surface area contributed by atoms with Gasteiger partial charge < -0.3 is 10.2 Å². The van der Waals surface area contributed by atoms with Crippen LogP contribution in [0.15, 0.2) is 10.2 Å². The Morgan fingerprint density at radius 3 is 1.47 bits per heavy atom. The van der Waals surface area contributed by atoms with Crippen LogP contribution in [0.3, 0.4) is 0 Å². The Labute approximate surface area is 176 Å². The zero-order valence-electron chi connectivity index (χ0n) is 18.4. The molecule has 0 spiro atoms. The van der Waals surface area contributed by atoms with Crippen molar-refractivity contribution in [1.29, 1.82) is 0 Å². The van der Waals surface area contributed by atoms with Gasteiger partial charge in [-0.3, -0.25) is 9.59 Å². The molecule has 4 fully saturated rings. The van der Waals surface area contributed by atoms with Gasteiger partial charge in [-0.15, -0.1) is 0 Å². The zero-order valence-corrected chi connectivity index (χ0v) is 18.4. The first-order valence-corrected chi connectivity index (χ1v) is 11.0. The fourth-order valence-corrected chi connectivity index (χ4v) is 8.02. The van der Waals surface area contributed by atoms with E-state index in [1.54, 1.807) is 0 Å². The Bertz CT molecular complexity index is 908. The topological polar surface area (TPSA) is 106 Å². The van der Waals surface area contributed by atoms with Gasteiger partial charge in [-0.05, 0) is 48.3 Å². The van der Waals surface area contributed by atoms with Crippen LogP contribution >= 0.6 is 0 Å². The van der Waals surface area contributed by atoms with E-state index < -0.39 is 23.3 Å². The Morgan fingerprint density at radius 2 is 1.13 bits per heavy atom. The Hall–Kier alpha value is -1.80. The van der Waals surface area contributed by atoms with Crippen molar-refractivity contribution in [3.05, 3.63) is 0 Å². The van der Waals surface area contributed by atoms with E-state index in [0.29, 0.717) is 36.1 Å². The van der Waals surface area contributed by atoms with Crippen molar-refractivity contribution in [1.82, 2.24) is 10.0 Å². The summed E-state index contributed by atoms with van der Waals surface area (Å²) in [5.41, 5.74) is -1.29. The van der Waals surface area contributed by atoms with Gasteiger partial charge in [0.2, 0.25) is 0 Å². The predicted molar refractivity (Wildman–Crippen MR) is 108 cm³/mol. The lowest BCUT2D eigenvalue weighted by Gasteiger charge is -2.37. The van der Waals surface area contributed by atoms with Crippen molar-refractivity contribution < 1.29 is 19.8 Å². The summed E-state index contributed by atoms with van der Waals surface area (Å²) in [6.07, 6.45) is 0.839. The van der Waals surface area contributed by atoms with Crippen LogP contribution in [-0.4, -0.2) is 54.9 Å². The SMILES string of the molecule is CC1=NN(C(=O)C(=O)N2N=C(C)[C@H]3[C@@H]4[C@@H](C[C@]32O)C4(C)C)[C@@]2(O)C[C@H]3[C@@H]([C@@H]12)C3(C)C. The first-order valence-electron chi connectivity index (χ1n) is 11.0. The number of amides is 2. The highest BCUT2D eigenvalue weighted by Gasteiger charge is 2.78. The van der Waals surface area contributed by atoms with Crippen LogP contribution in [-0.2, 0) is 9.59 Å². The standard InChI is InChI=1S/C22H30N4O4/c1-9-13-15-11(19(15,3)4)7-21(13,29)25(23-9)17(27)18(28)26-22(30)8-12-16(20(12,5)6)14(22)10(2)24-26/h11-16,29-30H,7-8H2,1-6H3/t11-,12+,13+,14-,15-,16-,21+,22-/m0/s1. The summed E-state index contributed by atoms with van der Waals surface area (Å²) in [6.45, 7) is 12.3. The van der Waals surface area contributed by atoms with Gasteiger partial charge in [0.1, 0.15) is 0 Å². The second-order valence-electron chi connectivity index (χ2n) is 11.7. The van der Waals surface area contributed by atoms with Crippen molar-refractivity contribution in [2.24, 2.45) is 56.5 Å². The largest absolute Gasteiger partial charge is 0.368 e. The van der Waals surface area contributed by atoms with Crippen LogP contribution in [0.5, 0.6) is 0 Å². The quantitative estimate of drug-likeness (QED) is 0.584. The van der Waals surface area contributed by atoms with E-state index in [1.807, 2.05) is 13.8 Å². The Balaban J connectivity index is 1.28. The number of carbonyl (C=O) groups is 2. The van der Waals surface area contributed by atoms with Gasteiger partial charge in [0.05, 0.1) is 11.8 Å². The minimum Gasteiger partial charge on any atom is -0.368 e. The lowest BCUT2D eigenvalue weighted by Crippen LogP contribution is -2.58. The molecule has 8 nitrogen and oxygen atoms in total. The van der Waals surface area contributed by atoms with Gasteiger partial charge in [0.15, 0.2) is 11.4 Å². The number of hydrazone groups is 2. The molecule has 2 N–H and O–H groups in total. The second-order valence-corrected chi connectivity index (χ2v) is 11.7. The van der Waals surface area contributed by atoms with E-state index in [-0.39, 0.29) is 34.5 Å². The Morgan fingerprint density at radius 1 is 0.800 bits per heavy atom. The highest BCUT2D eigenvalue weighted by Crippen LogP contribution is 2.74. The molecule has 0 aromatic rings. The van der Waals surface area contributed by atoms with Gasteiger partial charge in [-0.25, -0.2) is 0 Å². The average Bonchev–Trinajstić information content (AvgIpc) is 3.07. The van der Waals surface area contributed by atoms with Crippen LogP contribution in [0.25, 0.3) is 0 Å². The smallest absolute Gasteiger partial charge is 0.336 e. The van der Waals surface area contributed by atoms with Crippen molar-refractivity contribution in [3.63, 3.8) is 0 Å². The Kier molecular flexibility index (Phi) is 3.04. The van der Waals surface area contributed by atoms with E-state index in [4.69, 9.17) is 0 Å². The molecule has 30 heavy (non-hydrogen) atoms. The molecule has 2 aliphatic heterocycles. The average molecular weight is 415 g/mol. The summed E-state index contributed by atoms with van der Waals surface area (Å²) >= 11 is 0. The molecule has 4 saturated carbocycles. The molecule has 6 aliphatic rings. The maximum Gasteiger partial charge on any atom is 0.336 e. The molecule has 0 radical (unpaired) electrons. The summed E-state index contributed by atoms with van der Waals surface area (Å²) in [7, 11) is 0. The molecule has 0 aromatic heterocycles. The molecule has 6 rings (SSSR count). The number of hydrogen-bond acceptors (Lipinski definition) is 6. The summed E-state index contributed by atoms with van der Waals surface area (Å²) in [5, 5.41) is 33.4. The minimum absolute atomic E-state index is 0.118. The summed E-state index contributed by atoms with van der Waals surface area (Å²) < 4.78 is 0. The fourth-order valence-electron chi connectivity index (χ4n) is 8.02. The first kappa shape index (κ1) is 18.9. The number of carbonyl (C=O) groups excluding carboxylic acids is 2. The molecule has 4 aliphatic carbocycles.